The third-order valence-corrected chi connectivity index (χ3v) is 3.75. The van der Waals surface area contributed by atoms with Crippen molar-refractivity contribution in [1.29, 1.82) is 0 Å². The highest BCUT2D eigenvalue weighted by Gasteiger charge is 2.17. The molecule has 0 spiro atoms. The fourth-order valence-electron chi connectivity index (χ4n) is 2.42. The van der Waals surface area contributed by atoms with Crippen molar-refractivity contribution in [1.82, 2.24) is 15.2 Å². The molecule has 2 rings (SSSR count). The number of hydrogen-bond donors (Lipinski definition) is 2. The Hall–Kier alpha value is -1.66. The summed E-state index contributed by atoms with van der Waals surface area (Å²) in [5, 5.41) is 2.95. The average Bonchev–Trinajstić information content (AvgIpc) is 2.52. The second-order valence-corrected chi connectivity index (χ2v) is 5.45. The van der Waals surface area contributed by atoms with Crippen LogP contribution in [0.5, 0.6) is 0 Å². The van der Waals surface area contributed by atoms with Gasteiger partial charge in [0.1, 0.15) is 5.82 Å². The predicted octanol–water partition coefficient (Wildman–Crippen LogP) is 0.189. The minimum Gasteiger partial charge on any atom is -0.354 e. The highest BCUT2D eigenvalue weighted by Crippen LogP contribution is 2.18. The van der Waals surface area contributed by atoms with Crippen molar-refractivity contribution in [2.24, 2.45) is 5.73 Å². The molecule has 0 radical (unpaired) electrons. The number of hydrogen-bond acceptors (Lipinski definition) is 5. The summed E-state index contributed by atoms with van der Waals surface area (Å²) in [6.45, 7) is 5.10. The van der Waals surface area contributed by atoms with Gasteiger partial charge in [-0.1, -0.05) is 6.07 Å². The Morgan fingerprint density at radius 3 is 2.86 bits per heavy atom. The summed E-state index contributed by atoms with van der Waals surface area (Å²) in [6, 6.07) is 3.95. The standard InChI is InChI=1S/C15H25N5O/c1-19-8-10-20(11-9-19)15-13(4-3-7-17-15)12-18-14(21)5-2-6-16/h3-4,7H,2,5-6,8-12,16H2,1H3,(H,18,21). The maximum absolute atomic E-state index is 11.7. The van der Waals surface area contributed by atoms with Crippen molar-refractivity contribution in [3.8, 4) is 0 Å². The van der Waals surface area contributed by atoms with E-state index in [0.717, 1.165) is 44.0 Å². The van der Waals surface area contributed by atoms with Crippen LogP contribution in [0.2, 0.25) is 0 Å². The van der Waals surface area contributed by atoms with Gasteiger partial charge in [0, 0.05) is 50.9 Å². The number of piperazine rings is 1. The van der Waals surface area contributed by atoms with Crippen LogP contribution in [0.4, 0.5) is 5.82 Å². The molecule has 0 atom stereocenters. The first-order chi connectivity index (χ1) is 10.2. The first-order valence-corrected chi connectivity index (χ1v) is 7.55. The lowest BCUT2D eigenvalue weighted by atomic mass is 10.2. The Morgan fingerprint density at radius 1 is 1.38 bits per heavy atom. The molecule has 2 heterocycles. The second kappa shape index (κ2) is 7.95. The van der Waals surface area contributed by atoms with Crippen LogP contribution in [0.3, 0.4) is 0 Å². The van der Waals surface area contributed by atoms with Crippen LogP contribution >= 0.6 is 0 Å². The highest BCUT2D eigenvalue weighted by atomic mass is 16.1. The van der Waals surface area contributed by atoms with E-state index in [9.17, 15) is 4.79 Å². The summed E-state index contributed by atoms with van der Waals surface area (Å²) < 4.78 is 0. The zero-order valence-electron chi connectivity index (χ0n) is 12.7. The molecule has 1 aliphatic heterocycles. The first-order valence-electron chi connectivity index (χ1n) is 7.55. The van der Waals surface area contributed by atoms with E-state index in [1.54, 1.807) is 0 Å². The summed E-state index contributed by atoms with van der Waals surface area (Å²) in [5.74, 6) is 1.04. The molecule has 0 unspecified atom stereocenters. The molecule has 0 aromatic carbocycles. The van der Waals surface area contributed by atoms with Crippen LogP contribution in [-0.4, -0.2) is 55.6 Å². The molecule has 0 saturated carbocycles. The van der Waals surface area contributed by atoms with Crippen molar-refractivity contribution in [2.45, 2.75) is 19.4 Å². The molecular formula is C15H25N5O. The number of aromatic nitrogens is 1. The van der Waals surface area contributed by atoms with Crippen molar-refractivity contribution < 1.29 is 4.79 Å². The number of rotatable bonds is 6. The number of carbonyl (C=O) groups is 1. The molecule has 6 nitrogen and oxygen atoms in total. The van der Waals surface area contributed by atoms with E-state index in [-0.39, 0.29) is 5.91 Å². The molecule has 1 saturated heterocycles. The minimum atomic E-state index is 0.0497. The molecule has 21 heavy (non-hydrogen) atoms. The molecule has 0 aliphatic carbocycles. The van der Waals surface area contributed by atoms with Crippen molar-refractivity contribution in [2.75, 3.05) is 44.7 Å². The van der Waals surface area contributed by atoms with Gasteiger partial charge in [-0.25, -0.2) is 4.98 Å². The van der Waals surface area contributed by atoms with E-state index in [0.29, 0.717) is 19.5 Å². The summed E-state index contributed by atoms with van der Waals surface area (Å²) in [7, 11) is 2.13. The Morgan fingerprint density at radius 2 is 2.14 bits per heavy atom. The summed E-state index contributed by atoms with van der Waals surface area (Å²) in [5.41, 5.74) is 6.49. The van der Waals surface area contributed by atoms with Gasteiger partial charge in [0.25, 0.3) is 0 Å². The Kier molecular flexibility index (Phi) is 5.95. The lowest BCUT2D eigenvalue weighted by Crippen LogP contribution is -2.45. The van der Waals surface area contributed by atoms with Gasteiger partial charge >= 0.3 is 0 Å². The molecule has 3 N–H and O–H groups in total. The van der Waals surface area contributed by atoms with E-state index in [4.69, 9.17) is 5.73 Å². The number of likely N-dealkylation sites (N-methyl/N-ethyl adjacent to an activating group) is 1. The number of carbonyl (C=O) groups excluding carboxylic acids is 1. The van der Waals surface area contributed by atoms with Crippen LogP contribution < -0.4 is 16.0 Å². The molecule has 0 bridgehead atoms. The summed E-state index contributed by atoms with van der Waals surface area (Å²) in [6.07, 6.45) is 3.03. The number of nitrogens with zero attached hydrogens (tertiary/aromatic N) is 3. The van der Waals surface area contributed by atoms with Gasteiger partial charge < -0.3 is 20.9 Å². The number of anilines is 1. The van der Waals surface area contributed by atoms with Crippen LogP contribution in [-0.2, 0) is 11.3 Å². The van der Waals surface area contributed by atoms with Crippen molar-refractivity contribution in [3.63, 3.8) is 0 Å². The summed E-state index contributed by atoms with van der Waals surface area (Å²) >= 11 is 0. The monoisotopic (exact) mass is 291 g/mol. The van der Waals surface area contributed by atoms with E-state index < -0.39 is 0 Å². The fraction of sp³-hybridized carbons (Fsp3) is 0.600. The first kappa shape index (κ1) is 15.7. The number of nitrogens with one attached hydrogen (secondary N) is 1. The molecule has 1 aliphatic rings. The SMILES string of the molecule is CN1CCN(c2ncccc2CNC(=O)CCCN)CC1. The summed E-state index contributed by atoms with van der Waals surface area (Å²) in [4.78, 5) is 20.8. The third kappa shape index (κ3) is 4.68. The lowest BCUT2D eigenvalue weighted by molar-refractivity contribution is -0.121. The van der Waals surface area contributed by atoms with Gasteiger partial charge in [0.05, 0.1) is 0 Å². The number of amides is 1. The van der Waals surface area contributed by atoms with Gasteiger partial charge in [-0.05, 0) is 26.1 Å². The van der Waals surface area contributed by atoms with Gasteiger partial charge in [-0.3, -0.25) is 4.79 Å². The molecule has 6 heteroatoms. The van der Waals surface area contributed by atoms with E-state index in [1.165, 1.54) is 0 Å². The topological polar surface area (TPSA) is 74.5 Å². The Labute approximate surface area is 126 Å². The van der Waals surface area contributed by atoms with Crippen LogP contribution in [0.1, 0.15) is 18.4 Å². The second-order valence-electron chi connectivity index (χ2n) is 5.45. The van der Waals surface area contributed by atoms with E-state index >= 15 is 0 Å². The zero-order chi connectivity index (χ0) is 15.1. The number of pyridine rings is 1. The maximum Gasteiger partial charge on any atom is 0.220 e. The van der Waals surface area contributed by atoms with Gasteiger partial charge in [-0.2, -0.15) is 0 Å². The normalized spacial score (nSPS) is 16.0. The molecular weight excluding hydrogens is 266 g/mol. The van der Waals surface area contributed by atoms with Crippen LogP contribution in [0, 0.1) is 0 Å². The Bertz CT molecular complexity index is 457. The van der Waals surface area contributed by atoms with Crippen LogP contribution in [0.25, 0.3) is 0 Å². The van der Waals surface area contributed by atoms with E-state index in [1.807, 2.05) is 18.3 Å². The maximum atomic E-state index is 11.7. The molecule has 1 fully saturated rings. The van der Waals surface area contributed by atoms with Crippen molar-refractivity contribution in [3.05, 3.63) is 23.9 Å². The fourth-order valence-corrected chi connectivity index (χ4v) is 2.42. The van der Waals surface area contributed by atoms with Gasteiger partial charge in [-0.15, -0.1) is 0 Å². The quantitative estimate of drug-likeness (QED) is 0.782. The average molecular weight is 291 g/mol. The van der Waals surface area contributed by atoms with Crippen molar-refractivity contribution >= 4 is 11.7 Å². The van der Waals surface area contributed by atoms with Crippen LogP contribution in [0.15, 0.2) is 18.3 Å². The predicted molar refractivity (Wildman–Crippen MR) is 84.1 cm³/mol. The molecule has 1 amide bonds. The Balaban J connectivity index is 1.95. The minimum absolute atomic E-state index is 0.0497. The number of nitrogens with two attached hydrogens (primary N) is 1. The molecule has 1 aromatic rings. The van der Waals surface area contributed by atoms with Gasteiger partial charge in [0.15, 0.2) is 0 Å². The zero-order valence-corrected chi connectivity index (χ0v) is 12.7. The molecule has 116 valence electrons. The smallest absolute Gasteiger partial charge is 0.220 e. The van der Waals surface area contributed by atoms with Gasteiger partial charge in [0.2, 0.25) is 5.91 Å². The highest BCUT2D eigenvalue weighted by molar-refractivity contribution is 5.76. The third-order valence-electron chi connectivity index (χ3n) is 3.75. The molecule has 1 aromatic heterocycles. The lowest BCUT2D eigenvalue weighted by Gasteiger charge is -2.34. The van der Waals surface area contributed by atoms with E-state index in [2.05, 4.69) is 27.1 Å². The largest absolute Gasteiger partial charge is 0.354 e.